The van der Waals surface area contributed by atoms with E-state index in [0.29, 0.717) is 23.3 Å². The Kier molecular flexibility index (Phi) is 6.01. The van der Waals surface area contributed by atoms with E-state index in [1.54, 1.807) is 0 Å². The summed E-state index contributed by atoms with van der Waals surface area (Å²) in [5, 5.41) is 3.75. The summed E-state index contributed by atoms with van der Waals surface area (Å²) in [6.07, 6.45) is 4.27. The van der Waals surface area contributed by atoms with Crippen LogP contribution in [0.1, 0.15) is 72.9 Å². The number of amides is 1. The molecule has 1 amide bonds. The van der Waals surface area contributed by atoms with E-state index < -0.39 is 5.60 Å². The van der Waals surface area contributed by atoms with Gasteiger partial charge < -0.3 is 24.6 Å². The number of carbonyl (C=O) groups is 1. The van der Waals surface area contributed by atoms with Gasteiger partial charge in [0.1, 0.15) is 11.4 Å². The van der Waals surface area contributed by atoms with Crippen molar-refractivity contribution in [2.24, 2.45) is 17.3 Å². The van der Waals surface area contributed by atoms with Crippen molar-refractivity contribution in [1.29, 1.82) is 0 Å². The first-order chi connectivity index (χ1) is 16.3. The maximum Gasteiger partial charge on any atom is 0.410 e. The first-order valence-electron chi connectivity index (χ1n) is 13.4. The molecule has 2 aliphatic heterocycles. The van der Waals surface area contributed by atoms with E-state index >= 15 is 0 Å². The predicted molar refractivity (Wildman–Crippen MR) is 139 cm³/mol. The fourth-order valence-electron chi connectivity index (χ4n) is 6.80. The second kappa shape index (κ2) is 8.53. The van der Waals surface area contributed by atoms with Crippen molar-refractivity contribution in [1.82, 2.24) is 9.88 Å². The van der Waals surface area contributed by atoms with Crippen molar-refractivity contribution >= 4 is 17.6 Å². The molecule has 2 unspecified atom stereocenters. The third kappa shape index (κ3) is 4.98. The van der Waals surface area contributed by atoms with Crippen molar-refractivity contribution in [2.75, 3.05) is 36.5 Å². The van der Waals surface area contributed by atoms with Crippen LogP contribution in [0.15, 0.2) is 12.1 Å². The number of carbonyl (C=O) groups excluding carboxylic acids is 1. The van der Waals surface area contributed by atoms with E-state index in [2.05, 4.69) is 50.0 Å². The molecule has 7 nitrogen and oxygen atoms in total. The quantitative estimate of drug-likeness (QED) is 0.631. The topological polar surface area (TPSA) is 66.9 Å². The molecule has 1 N–H and O–H groups in total. The second-order valence-corrected chi connectivity index (χ2v) is 13.6. The van der Waals surface area contributed by atoms with Crippen LogP contribution >= 0.6 is 0 Å². The highest BCUT2D eigenvalue weighted by molar-refractivity contribution is 5.70. The molecule has 0 bridgehead atoms. The van der Waals surface area contributed by atoms with Crippen LogP contribution in [0.5, 0.6) is 0 Å². The molecular weight excluding hydrogens is 440 g/mol. The highest BCUT2D eigenvalue weighted by Gasteiger charge is 2.56. The van der Waals surface area contributed by atoms with Gasteiger partial charge in [-0.25, -0.2) is 9.78 Å². The fourth-order valence-corrected chi connectivity index (χ4v) is 6.80. The average molecular weight is 485 g/mol. The van der Waals surface area contributed by atoms with Gasteiger partial charge in [-0.3, -0.25) is 0 Å². The van der Waals surface area contributed by atoms with Crippen molar-refractivity contribution in [2.45, 2.75) is 97.4 Å². The van der Waals surface area contributed by atoms with Gasteiger partial charge in [0.15, 0.2) is 0 Å². The summed E-state index contributed by atoms with van der Waals surface area (Å²) in [4.78, 5) is 22.3. The number of fused-ring (bicyclic) bond motifs is 1. The molecule has 2 saturated carbocycles. The number of pyridine rings is 1. The predicted octanol–water partition coefficient (Wildman–Crippen LogP) is 5.23. The van der Waals surface area contributed by atoms with E-state index in [4.69, 9.17) is 14.5 Å². The van der Waals surface area contributed by atoms with Crippen molar-refractivity contribution in [3.8, 4) is 0 Å². The fraction of sp³-hybridized carbons (Fsp3) is 0.786. The number of anilines is 2. The molecule has 2 saturated heterocycles. The normalized spacial score (nSPS) is 32.1. The van der Waals surface area contributed by atoms with Gasteiger partial charge in [-0.1, -0.05) is 0 Å². The maximum absolute atomic E-state index is 13.0. The Morgan fingerprint density at radius 1 is 1.09 bits per heavy atom. The van der Waals surface area contributed by atoms with Crippen LogP contribution in [0.2, 0.25) is 0 Å². The van der Waals surface area contributed by atoms with Crippen LogP contribution in [-0.4, -0.2) is 65.5 Å². The van der Waals surface area contributed by atoms with Crippen LogP contribution < -0.4 is 10.2 Å². The number of nitrogens with one attached hydrogen (secondary N) is 1. The van der Waals surface area contributed by atoms with Gasteiger partial charge in [0.25, 0.3) is 0 Å². The molecule has 4 aliphatic rings. The van der Waals surface area contributed by atoms with Crippen molar-refractivity contribution in [3.63, 3.8) is 0 Å². The van der Waals surface area contributed by atoms with E-state index in [1.807, 2.05) is 25.7 Å². The van der Waals surface area contributed by atoms with Crippen LogP contribution in [0, 0.1) is 24.2 Å². The number of hydrogen-bond acceptors (Lipinski definition) is 6. The van der Waals surface area contributed by atoms with E-state index in [0.717, 1.165) is 69.2 Å². The number of ether oxygens (including phenoxy) is 2. The molecule has 0 radical (unpaired) electrons. The highest BCUT2D eigenvalue weighted by Crippen LogP contribution is 2.58. The third-order valence-electron chi connectivity index (χ3n) is 8.37. The van der Waals surface area contributed by atoms with Gasteiger partial charge in [-0.15, -0.1) is 0 Å². The SMILES string of the molecule is Cc1nc(N2CC3COCC3C2)ccc1NC1CC2(C1)CC(N(C(=O)OC(C)(C)C)C(C)(C)C)C2. The minimum atomic E-state index is -0.475. The lowest BCUT2D eigenvalue weighted by Gasteiger charge is -2.61. The lowest BCUT2D eigenvalue weighted by Crippen LogP contribution is -2.64. The summed E-state index contributed by atoms with van der Waals surface area (Å²) in [6.45, 7) is 18.2. The number of aryl methyl sites for hydroxylation is 1. The highest BCUT2D eigenvalue weighted by atomic mass is 16.6. The zero-order valence-electron chi connectivity index (χ0n) is 22.7. The second-order valence-electron chi connectivity index (χ2n) is 13.6. The molecule has 4 fully saturated rings. The molecule has 3 heterocycles. The molecule has 1 aromatic heterocycles. The van der Waals surface area contributed by atoms with Crippen molar-refractivity contribution in [3.05, 3.63) is 17.8 Å². The number of aromatic nitrogens is 1. The minimum absolute atomic E-state index is 0.185. The summed E-state index contributed by atoms with van der Waals surface area (Å²) in [5.74, 6) is 2.42. The molecular formula is C28H44N4O3. The molecule has 35 heavy (non-hydrogen) atoms. The van der Waals surface area contributed by atoms with Gasteiger partial charge in [-0.05, 0) is 91.7 Å². The Labute approximate surface area is 210 Å². The molecule has 7 heteroatoms. The smallest absolute Gasteiger partial charge is 0.410 e. The summed E-state index contributed by atoms with van der Waals surface area (Å²) >= 11 is 0. The largest absolute Gasteiger partial charge is 0.444 e. The third-order valence-corrected chi connectivity index (χ3v) is 8.37. The Hall–Kier alpha value is -2.02. The van der Waals surface area contributed by atoms with Crippen LogP contribution in [-0.2, 0) is 9.47 Å². The number of rotatable bonds is 4. The maximum atomic E-state index is 13.0. The molecule has 2 atom stereocenters. The molecule has 194 valence electrons. The van der Waals surface area contributed by atoms with Crippen LogP contribution in [0.25, 0.3) is 0 Å². The zero-order valence-corrected chi connectivity index (χ0v) is 22.7. The van der Waals surface area contributed by atoms with Crippen LogP contribution in [0.4, 0.5) is 16.3 Å². The lowest BCUT2D eigenvalue weighted by atomic mass is 9.51. The molecule has 2 aliphatic carbocycles. The van der Waals surface area contributed by atoms with E-state index in [1.165, 1.54) is 0 Å². The lowest BCUT2D eigenvalue weighted by molar-refractivity contribution is -0.0891. The van der Waals surface area contributed by atoms with Gasteiger partial charge in [0.2, 0.25) is 0 Å². The van der Waals surface area contributed by atoms with Gasteiger partial charge >= 0.3 is 6.09 Å². The van der Waals surface area contributed by atoms with Gasteiger partial charge in [0.05, 0.1) is 24.6 Å². The zero-order chi connectivity index (χ0) is 25.2. The Morgan fingerprint density at radius 3 is 2.26 bits per heavy atom. The molecule has 1 aromatic rings. The van der Waals surface area contributed by atoms with Crippen LogP contribution in [0.3, 0.4) is 0 Å². The summed E-state index contributed by atoms with van der Waals surface area (Å²) in [5.41, 5.74) is 1.87. The summed E-state index contributed by atoms with van der Waals surface area (Å²) < 4.78 is 11.4. The van der Waals surface area contributed by atoms with Gasteiger partial charge in [0, 0.05) is 42.5 Å². The summed E-state index contributed by atoms with van der Waals surface area (Å²) in [6, 6.07) is 5.13. The Balaban J connectivity index is 1.14. The van der Waals surface area contributed by atoms with E-state index in [-0.39, 0.29) is 17.7 Å². The standard InChI is InChI=1S/C28H44N4O3/c1-18-23(8-9-24(29-18)31-14-19-16-34-17-20(19)15-31)30-21-10-28(11-21)12-22(13-28)32(26(2,3)4)25(33)35-27(5,6)7/h8-9,19-22,30H,10-17H2,1-7H3. The number of nitrogens with zero attached hydrogens (tertiary/aromatic N) is 3. The number of hydrogen-bond donors (Lipinski definition) is 1. The molecule has 5 rings (SSSR count). The molecule has 0 aromatic carbocycles. The minimum Gasteiger partial charge on any atom is -0.444 e. The molecule has 1 spiro atoms. The average Bonchev–Trinajstić information content (AvgIpc) is 3.25. The first-order valence-corrected chi connectivity index (χ1v) is 13.4. The Bertz CT molecular complexity index is 940. The van der Waals surface area contributed by atoms with Gasteiger partial charge in [-0.2, -0.15) is 0 Å². The Morgan fingerprint density at radius 2 is 1.71 bits per heavy atom. The first kappa shape index (κ1) is 24.7. The van der Waals surface area contributed by atoms with Crippen molar-refractivity contribution < 1.29 is 14.3 Å². The monoisotopic (exact) mass is 484 g/mol. The summed E-state index contributed by atoms with van der Waals surface area (Å²) in [7, 11) is 0. The van der Waals surface area contributed by atoms with E-state index in [9.17, 15) is 4.79 Å².